The molecule has 0 aliphatic heterocycles. The standard InChI is InChI=1S/C7H7BN2/c1-2-6-3-7(4-8)10-5-9-6/h2-3,5H,1,4H2. The topological polar surface area (TPSA) is 25.8 Å². The van der Waals surface area contributed by atoms with Crippen molar-refractivity contribution >= 4 is 13.9 Å². The van der Waals surface area contributed by atoms with Gasteiger partial charge in [0.2, 0.25) is 0 Å². The zero-order valence-corrected chi connectivity index (χ0v) is 5.62. The van der Waals surface area contributed by atoms with Gasteiger partial charge in [-0.2, -0.15) is 0 Å². The molecule has 0 amide bonds. The quantitative estimate of drug-likeness (QED) is 0.553. The summed E-state index contributed by atoms with van der Waals surface area (Å²) in [4.78, 5) is 7.84. The van der Waals surface area contributed by atoms with E-state index in [0.717, 1.165) is 11.4 Å². The lowest BCUT2D eigenvalue weighted by atomic mass is 10.0. The maximum Gasteiger partial charge on any atom is 0.116 e. The van der Waals surface area contributed by atoms with Crippen LogP contribution >= 0.6 is 0 Å². The first-order valence-electron chi connectivity index (χ1n) is 3.00. The van der Waals surface area contributed by atoms with Crippen molar-refractivity contribution in [1.29, 1.82) is 0 Å². The van der Waals surface area contributed by atoms with E-state index in [0.29, 0.717) is 6.32 Å². The van der Waals surface area contributed by atoms with Crippen LogP contribution in [0.1, 0.15) is 11.4 Å². The molecule has 0 aliphatic carbocycles. The summed E-state index contributed by atoms with van der Waals surface area (Å²) in [7, 11) is 5.35. The van der Waals surface area contributed by atoms with Crippen LogP contribution in [0.4, 0.5) is 0 Å². The molecule has 0 unspecified atom stereocenters. The molecule has 0 aliphatic rings. The largest absolute Gasteiger partial charge is 0.242 e. The lowest BCUT2D eigenvalue weighted by molar-refractivity contribution is 1.07. The van der Waals surface area contributed by atoms with E-state index in [-0.39, 0.29) is 0 Å². The molecule has 0 aromatic carbocycles. The number of nitrogens with zero attached hydrogens (tertiary/aromatic N) is 2. The molecule has 10 heavy (non-hydrogen) atoms. The second-order valence-corrected chi connectivity index (χ2v) is 1.84. The van der Waals surface area contributed by atoms with Gasteiger partial charge in [-0.3, -0.25) is 0 Å². The Balaban J connectivity index is 2.98. The Bertz CT molecular complexity index is 235. The summed E-state index contributed by atoms with van der Waals surface area (Å²) in [5, 5.41) is 0. The Labute approximate surface area is 61.4 Å². The predicted molar refractivity (Wildman–Crippen MR) is 41.6 cm³/mol. The minimum absolute atomic E-state index is 0.448. The number of aromatic nitrogens is 2. The maximum absolute atomic E-state index is 5.35. The molecule has 0 bridgehead atoms. The van der Waals surface area contributed by atoms with E-state index in [1.54, 1.807) is 6.08 Å². The first-order chi connectivity index (χ1) is 4.86. The van der Waals surface area contributed by atoms with Crippen LogP contribution in [0.3, 0.4) is 0 Å². The minimum atomic E-state index is 0.448. The molecule has 0 N–H and O–H groups in total. The summed E-state index contributed by atoms with van der Waals surface area (Å²) in [5.74, 6) is 0. The summed E-state index contributed by atoms with van der Waals surface area (Å²) < 4.78 is 0. The van der Waals surface area contributed by atoms with Gasteiger partial charge in [0.05, 0.1) is 13.5 Å². The highest BCUT2D eigenvalue weighted by Gasteiger charge is 1.90. The van der Waals surface area contributed by atoms with E-state index in [4.69, 9.17) is 7.85 Å². The van der Waals surface area contributed by atoms with Gasteiger partial charge < -0.3 is 0 Å². The molecule has 1 aromatic heterocycles. The molecule has 1 aromatic rings. The molecule has 0 fully saturated rings. The molecule has 2 radical (unpaired) electrons. The van der Waals surface area contributed by atoms with Gasteiger partial charge in [0.25, 0.3) is 0 Å². The molecule has 0 spiro atoms. The monoisotopic (exact) mass is 130 g/mol. The molecule has 2 nitrogen and oxygen atoms in total. The van der Waals surface area contributed by atoms with Gasteiger partial charge >= 0.3 is 0 Å². The highest BCUT2D eigenvalue weighted by Crippen LogP contribution is 1.97. The summed E-state index contributed by atoms with van der Waals surface area (Å²) in [5.41, 5.74) is 1.65. The van der Waals surface area contributed by atoms with Crippen molar-refractivity contribution in [3.63, 3.8) is 0 Å². The van der Waals surface area contributed by atoms with E-state index in [9.17, 15) is 0 Å². The number of hydrogen-bond donors (Lipinski definition) is 0. The van der Waals surface area contributed by atoms with Crippen LogP contribution in [-0.4, -0.2) is 17.8 Å². The second-order valence-electron chi connectivity index (χ2n) is 1.84. The average Bonchev–Trinajstić information content (AvgIpc) is 2.05. The van der Waals surface area contributed by atoms with Gasteiger partial charge in [-0.05, 0) is 18.5 Å². The molecular formula is C7H7BN2. The van der Waals surface area contributed by atoms with Gasteiger partial charge in [-0.1, -0.05) is 6.58 Å². The lowest BCUT2D eigenvalue weighted by Crippen LogP contribution is -1.91. The molecule has 0 atom stereocenters. The van der Waals surface area contributed by atoms with Gasteiger partial charge in [-0.15, -0.1) is 0 Å². The van der Waals surface area contributed by atoms with Gasteiger partial charge in [0.15, 0.2) is 0 Å². The van der Waals surface area contributed by atoms with Crippen LogP contribution in [0.2, 0.25) is 0 Å². The Morgan fingerprint density at radius 1 is 1.60 bits per heavy atom. The zero-order valence-electron chi connectivity index (χ0n) is 5.62. The summed E-state index contributed by atoms with van der Waals surface area (Å²) in [6, 6.07) is 1.81. The lowest BCUT2D eigenvalue weighted by Gasteiger charge is -1.94. The average molecular weight is 130 g/mol. The van der Waals surface area contributed by atoms with Crippen molar-refractivity contribution in [2.75, 3.05) is 0 Å². The molecular weight excluding hydrogens is 123 g/mol. The minimum Gasteiger partial charge on any atom is -0.242 e. The highest BCUT2D eigenvalue weighted by atomic mass is 14.8. The van der Waals surface area contributed by atoms with Crippen LogP contribution in [0.25, 0.3) is 6.08 Å². The van der Waals surface area contributed by atoms with E-state index < -0.39 is 0 Å². The SMILES string of the molecule is [B]Cc1cc(C=C)ncn1. The Morgan fingerprint density at radius 3 is 3.00 bits per heavy atom. The fourth-order valence-electron chi connectivity index (χ4n) is 0.638. The van der Waals surface area contributed by atoms with E-state index in [1.807, 2.05) is 6.07 Å². The molecule has 48 valence electrons. The Kier molecular flexibility index (Phi) is 2.21. The van der Waals surface area contributed by atoms with Crippen LogP contribution < -0.4 is 0 Å². The summed E-state index contributed by atoms with van der Waals surface area (Å²) in [6.07, 6.45) is 3.60. The summed E-state index contributed by atoms with van der Waals surface area (Å²) >= 11 is 0. The fraction of sp³-hybridized carbons (Fsp3) is 0.143. The second kappa shape index (κ2) is 3.15. The van der Waals surface area contributed by atoms with E-state index in [1.165, 1.54) is 6.33 Å². The first kappa shape index (κ1) is 7.00. The predicted octanol–water partition coefficient (Wildman–Crippen LogP) is 0.788. The number of hydrogen-bond acceptors (Lipinski definition) is 2. The van der Waals surface area contributed by atoms with Crippen molar-refractivity contribution in [2.45, 2.75) is 6.32 Å². The third-order valence-corrected chi connectivity index (χ3v) is 1.16. The number of rotatable bonds is 2. The van der Waals surface area contributed by atoms with E-state index in [2.05, 4.69) is 16.5 Å². The van der Waals surface area contributed by atoms with Crippen LogP contribution in [0.5, 0.6) is 0 Å². The van der Waals surface area contributed by atoms with Gasteiger partial charge in [0, 0.05) is 5.69 Å². The molecule has 1 rings (SSSR count). The normalized spacial score (nSPS) is 9.20. The van der Waals surface area contributed by atoms with Crippen molar-refractivity contribution in [2.24, 2.45) is 0 Å². The molecule has 0 saturated carbocycles. The molecule has 0 saturated heterocycles. The van der Waals surface area contributed by atoms with Crippen molar-refractivity contribution in [1.82, 2.24) is 9.97 Å². The van der Waals surface area contributed by atoms with Crippen LogP contribution in [0, 0.1) is 0 Å². The Morgan fingerprint density at radius 2 is 2.40 bits per heavy atom. The van der Waals surface area contributed by atoms with Gasteiger partial charge in [-0.25, -0.2) is 9.97 Å². The Hall–Kier alpha value is -1.12. The summed E-state index contributed by atoms with van der Waals surface area (Å²) in [6.45, 7) is 3.58. The smallest absolute Gasteiger partial charge is 0.116 e. The van der Waals surface area contributed by atoms with Crippen LogP contribution in [-0.2, 0) is 6.32 Å². The van der Waals surface area contributed by atoms with Gasteiger partial charge in [0.1, 0.15) is 6.33 Å². The van der Waals surface area contributed by atoms with Crippen LogP contribution in [0.15, 0.2) is 19.0 Å². The first-order valence-corrected chi connectivity index (χ1v) is 3.00. The third kappa shape index (κ3) is 1.44. The van der Waals surface area contributed by atoms with Crippen molar-refractivity contribution in [3.05, 3.63) is 30.4 Å². The third-order valence-electron chi connectivity index (χ3n) is 1.16. The van der Waals surface area contributed by atoms with Crippen molar-refractivity contribution in [3.8, 4) is 0 Å². The van der Waals surface area contributed by atoms with E-state index >= 15 is 0 Å². The molecule has 3 heteroatoms. The fourth-order valence-corrected chi connectivity index (χ4v) is 0.638. The van der Waals surface area contributed by atoms with Crippen molar-refractivity contribution < 1.29 is 0 Å². The maximum atomic E-state index is 5.35. The zero-order chi connectivity index (χ0) is 7.40. The molecule has 1 heterocycles. The highest BCUT2D eigenvalue weighted by molar-refractivity contribution is 6.08.